The van der Waals surface area contributed by atoms with Gasteiger partial charge in [0.05, 0.1) is 0 Å². The molecule has 0 saturated carbocycles. The van der Waals surface area contributed by atoms with Gasteiger partial charge in [-0.15, -0.1) is 0 Å². The van der Waals surface area contributed by atoms with Crippen LogP contribution in [0, 0.1) is 13.8 Å². The van der Waals surface area contributed by atoms with Crippen LogP contribution in [-0.4, -0.2) is 30.9 Å². The quantitative estimate of drug-likeness (QED) is 0.713. The molecule has 0 aliphatic carbocycles. The van der Waals surface area contributed by atoms with Crippen molar-refractivity contribution in [2.24, 2.45) is 0 Å². The lowest BCUT2D eigenvalue weighted by molar-refractivity contribution is 0.106. The first kappa shape index (κ1) is 14.0. The average molecular weight is 237 g/mol. The molecule has 0 aromatic heterocycles. The summed E-state index contributed by atoms with van der Waals surface area (Å²) in [6, 6.07) is 6.07. The number of ether oxygens (including phenoxy) is 1. The lowest BCUT2D eigenvalue weighted by Crippen LogP contribution is -2.31. The molecule has 0 radical (unpaired) electrons. The van der Waals surface area contributed by atoms with E-state index in [0.717, 1.165) is 18.7 Å². The molecule has 1 rings (SSSR count). The minimum atomic E-state index is -0.456. The highest BCUT2D eigenvalue weighted by Crippen LogP contribution is 2.16. The van der Waals surface area contributed by atoms with Crippen molar-refractivity contribution in [3.63, 3.8) is 0 Å². The second-order valence-electron chi connectivity index (χ2n) is 4.49. The molecule has 0 bridgehead atoms. The molecule has 0 fully saturated rings. The molecule has 3 nitrogen and oxygen atoms in total. The van der Waals surface area contributed by atoms with Crippen LogP contribution in [0.2, 0.25) is 0 Å². The van der Waals surface area contributed by atoms with Crippen LogP contribution in [0.4, 0.5) is 0 Å². The standard InChI is InChI=1S/C14H23NO2/c1-4-5-15-9-13(16)10-17-14-7-11(2)6-12(3)8-14/h6-8,13,15-16H,4-5,9-10H2,1-3H3/t13-/m0/s1. The van der Waals surface area contributed by atoms with Crippen LogP contribution in [0.3, 0.4) is 0 Å². The van der Waals surface area contributed by atoms with Crippen molar-refractivity contribution in [3.05, 3.63) is 29.3 Å². The van der Waals surface area contributed by atoms with Gasteiger partial charge in [0.1, 0.15) is 18.5 Å². The average Bonchev–Trinajstić information content (AvgIpc) is 2.25. The van der Waals surface area contributed by atoms with Gasteiger partial charge in [-0.1, -0.05) is 13.0 Å². The normalized spacial score (nSPS) is 12.5. The molecule has 1 atom stereocenters. The smallest absolute Gasteiger partial charge is 0.119 e. The first-order valence-electron chi connectivity index (χ1n) is 6.21. The largest absolute Gasteiger partial charge is 0.491 e. The molecule has 0 aliphatic heterocycles. The monoisotopic (exact) mass is 237 g/mol. The highest BCUT2D eigenvalue weighted by molar-refractivity contribution is 5.32. The van der Waals surface area contributed by atoms with E-state index in [9.17, 15) is 5.11 Å². The van der Waals surface area contributed by atoms with Crippen LogP contribution in [-0.2, 0) is 0 Å². The van der Waals surface area contributed by atoms with Crippen molar-refractivity contribution < 1.29 is 9.84 Å². The molecule has 0 heterocycles. The Morgan fingerprint density at radius 2 is 1.88 bits per heavy atom. The number of nitrogens with one attached hydrogen (secondary N) is 1. The summed E-state index contributed by atoms with van der Waals surface area (Å²) in [6.07, 6.45) is 0.618. The van der Waals surface area contributed by atoms with E-state index >= 15 is 0 Å². The molecule has 1 aromatic carbocycles. The van der Waals surface area contributed by atoms with E-state index in [1.807, 2.05) is 26.0 Å². The first-order chi connectivity index (χ1) is 8.11. The molecular formula is C14H23NO2. The molecule has 1 aromatic rings. The van der Waals surface area contributed by atoms with Gasteiger partial charge in [0, 0.05) is 6.54 Å². The Balaban J connectivity index is 2.34. The summed E-state index contributed by atoms with van der Waals surface area (Å²) in [6.45, 7) is 8.03. The lowest BCUT2D eigenvalue weighted by atomic mass is 10.1. The number of hydrogen-bond acceptors (Lipinski definition) is 3. The van der Waals surface area contributed by atoms with E-state index in [4.69, 9.17) is 4.74 Å². The van der Waals surface area contributed by atoms with Gasteiger partial charge in [0.25, 0.3) is 0 Å². The molecule has 0 unspecified atom stereocenters. The second-order valence-corrected chi connectivity index (χ2v) is 4.49. The summed E-state index contributed by atoms with van der Waals surface area (Å²) in [7, 11) is 0. The zero-order valence-corrected chi connectivity index (χ0v) is 11.0. The van der Waals surface area contributed by atoms with Gasteiger partial charge in [-0.05, 0) is 50.1 Å². The van der Waals surface area contributed by atoms with Gasteiger partial charge in [-0.2, -0.15) is 0 Å². The highest BCUT2D eigenvalue weighted by Gasteiger charge is 2.05. The second kappa shape index (κ2) is 7.30. The maximum absolute atomic E-state index is 9.69. The zero-order chi connectivity index (χ0) is 12.7. The van der Waals surface area contributed by atoms with Gasteiger partial charge >= 0.3 is 0 Å². The van der Waals surface area contributed by atoms with Gasteiger partial charge in [0.2, 0.25) is 0 Å². The summed E-state index contributed by atoms with van der Waals surface area (Å²) in [5.74, 6) is 0.831. The number of benzene rings is 1. The molecule has 2 N–H and O–H groups in total. The Kier molecular flexibility index (Phi) is 6.01. The number of aliphatic hydroxyl groups excluding tert-OH is 1. The molecule has 3 heteroatoms. The Morgan fingerprint density at radius 3 is 2.47 bits per heavy atom. The van der Waals surface area contributed by atoms with Gasteiger partial charge in [-0.25, -0.2) is 0 Å². The maximum Gasteiger partial charge on any atom is 0.119 e. The molecule has 0 saturated heterocycles. The number of aryl methyl sites for hydroxylation is 2. The fraction of sp³-hybridized carbons (Fsp3) is 0.571. The van der Waals surface area contributed by atoms with Crippen molar-refractivity contribution >= 4 is 0 Å². The zero-order valence-electron chi connectivity index (χ0n) is 11.0. The third-order valence-electron chi connectivity index (χ3n) is 2.44. The topological polar surface area (TPSA) is 41.5 Å². The fourth-order valence-electron chi connectivity index (χ4n) is 1.71. The van der Waals surface area contributed by atoms with Crippen LogP contribution in [0.1, 0.15) is 24.5 Å². The summed E-state index contributed by atoms with van der Waals surface area (Å²) in [4.78, 5) is 0. The molecule has 0 spiro atoms. The van der Waals surface area contributed by atoms with E-state index in [2.05, 4.69) is 18.3 Å². The number of hydrogen-bond donors (Lipinski definition) is 2. The minimum absolute atomic E-state index is 0.333. The van der Waals surface area contributed by atoms with E-state index < -0.39 is 6.10 Å². The number of rotatable bonds is 7. The van der Waals surface area contributed by atoms with Gasteiger partial charge in [0.15, 0.2) is 0 Å². The summed E-state index contributed by atoms with van der Waals surface area (Å²) in [5.41, 5.74) is 2.36. The van der Waals surface area contributed by atoms with Gasteiger partial charge < -0.3 is 15.2 Å². The summed E-state index contributed by atoms with van der Waals surface area (Å²) >= 11 is 0. The van der Waals surface area contributed by atoms with Crippen molar-refractivity contribution in [1.82, 2.24) is 5.32 Å². The Morgan fingerprint density at radius 1 is 1.24 bits per heavy atom. The Hall–Kier alpha value is -1.06. The van der Waals surface area contributed by atoms with Crippen molar-refractivity contribution in [2.75, 3.05) is 19.7 Å². The first-order valence-corrected chi connectivity index (χ1v) is 6.21. The predicted molar refractivity (Wildman–Crippen MR) is 70.6 cm³/mol. The lowest BCUT2D eigenvalue weighted by Gasteiger charge is -2.13. The van der Waals surface area contributed by atoms with Crippen molar-refractivity contribution in [3.8, 4) is 5.75 Å². The maximum atomic E-state index is 9.69. The Bertz CT molecular complexity index is 319. The van der Waals surface area contributed by atoms with E-state index in [1.165, 1.54) is 11.1 Å². The van der Waals surface area contributed by atoms with Crippen LogP contribution >= 0.6 is 0 Å². The van der Waals surface area contributed by atoms with Gasteiger partial charge in [-0.3, -0.25) is 0 Å². The Labute approximate surface area is 104 Å². The predicted octanol–water partition coefficient (Wildman–Crippen LogP) is 2.04. The van der Waals surface area contributed by atoms with Crippen LogP contribution < -0.4 is 10.1 Å². The van der Waals surface area contributed by atoms with Crippen LogP contribution in [0.25, 0.3) is 0 Å². The third kappa shape index (κ3) is 5.71. The van der Waals surface area contributed by atoms with E-state index in [-0.39, 0.29) is 0 Å². The third-order valence-corrected chi connectivity index (χ3v) is 2.44. The molecule has 96 valence electrons. The van der Waals surface area contributed by atoms with E-state index in [1.54, 1.807) is 0 Å². The van der Waals surface area contributed by atoms with Crippen LogP contribution in [0.5, 0.6) is 5.75 Å². The summed E-state index contributed by atoms with van der Waals surface area (Å²) < 4.78 is 5.57. The molecule has 0 aliphatic rings. The van der Waals surface area contributed by atoms with E-state index in [0.29, 0.717) is 13.2 Å². The molecule has 17 heavy (non-hydrogen) atoms. The van der Waals surface area contributed by atoms with Crippen molar-refractivity contribution in [1.29, 1.82) is 0 Å². The SMILES string of the molecule is CCCNC[C@H](O)COc1cc(C)cc(C)c1. The summed E-state index contributed by atoms with van der Waals surface area (Å²) in [5, 5.41) is 12.9. The highest BCUT2D eigenvalue weighted by atomic mass is 16.5. The minimum Gasteiger partial charge on any atom is -0.491 e. The molecular weight excluding hydrogens is 214 g/mol. The van der Waals surface area contributed by atoms with Crippen molar-refractivity contribution in [2.45, 2.75) is 33.3 Å². The molecule has 0 amide bonds. The van der Waals surface area contributed by atoms with Crippen LogP contribution in [0.15, 0.2) is 18.2 Å². The number of aliphatic hydroxyl groups is 1. The fourth-order valence-corrected chi connectivity index (χ4v) is 1.71.